The number of hydrogen-bond acceptors (Lipinski definition) is 3. The van der Waals surface area contributed by atoms with Gasteiger partial charge in [0, 0.05) is 6.07 Å². The molecule has 1 heterocycles. The average molecular weight is 286 g/mol. The predicted octanol–water partition coefficient (Wildman–Crippen LogP) is 2.87. The van der Waals surface area contributed by atoms with Crippen LogP contribution >= 0.6 is 0 Å². The van der Waals surface area contributed by atoms with Crippen LogP contribution in [0.5, 0.6) is 5.75 Å². The summed E-state index contributed by atoms with van der Waals surface area (Å²) in [6.45, 7) is 0. The molecule has 0 aliphatic rings. The number of aromatic carboxylic acids is 1. The Bertz CT molecular complexity index is 842. The van der Waals surface area contributed by atoms with Crippen molar-refractivity contribution in [1.29, 1.82) is 0 Å². The van der Waals surface area contributed by atoms with Crippen LogP contribution in [0.1, 0.15) is 10.4 Å². The molecule has 1 N–H and O–H groups in total. The number of aromatic nitrogens is 2. The first-order chi connectivity index (χ1) is 10.1. The number of imidazole rings is 1. The molecule has 0 unspecified atom stereocenters. The minimum atomic E-state index is -1.05. The van der Waals surface area contributed by atoms with E-state index in [9.17, 15) is 14.3 Å². The van der Waals surface area contributed by atoms with Crippen LogP contribution in [0.15, 0.2) is 42.7 Å². The second-order valence-electron chi connectivity index (χ2n) is 4.41. The largest absolute Gasteiger partial charge is 0.494 e. The Kier molecular flexibility index (Phi) is 3.06. The number of halogens is 1. The lowest BCUT2D eigenvalue weighted by molar-refractivity contribution is 0.0698. The number of methoxy groups -OCH3 is 1. The van der Waals surface area contributed by atoms with Crippen LogP contribution in [-0.4, -0.2) is 27.7 Å². The Labute approximate surface area is 119 Å². The van der Waals surface area contributed by atoms with E-state index in [1.165, 1.54) is 37.7 Å². The number of benzene rings is 2. The summed E-state index contributed by atoms with van der Waals surface area (Å²) in [7, 11) is 1.43. The van der Waals surface area contributed by atoms with Gasteiger partial charge in [-0.1, -0.05) is 6.07 Å². The average Bonchev–Trinajstić information content (AvgIpc) is 2.90. The summed E-state index contributed by atoms with van der Waals surface area (Å²) in [4.78, 5) is 15.6. The van der Waals surface area contributed by atoms with Crippen molar-refractivity contribution in [2.24, 2.45) is 0 Å². The minimum Gasteiger partial charge on any atom is -0.494 e. The lowest BCUT2D eigenvalue weighted by atomic mass is 10.1. The first-order valence-electron chi connectivity index (χ1n) is 6.15. The maximum absolute atomic E-state index is 13.3. The van der Waals surface area contributed by atoms with Crippen LogP contribution in [0.25, 0.3) is 16.7 Å². The molecular formula is C15H11FN2O3. The number of carbonyl (C=O) groups is 1. The zero-order chi connectivity index (χ0) is 15.0. The Morgan fingerprint density at radius 1 is 1.33 bits per heavy atom. The maximum Gasteiger partial charge on any atom is 0.337 e. The Morgan fingerprint density at radius 3 is 2.86 bits per heavy atom. The third-order valence-electron chi connectivity index (χ3n) is 3.20. The van der Waals surface area contributed by atoms with Gasteiger partial charge in [-0.25, -0.2) is 14.2 Å². The van der Waals surface area contributed by atoms with Crippen LogP contribution < -0.4 is 4.74 Å². The van der Waals surface area contributed by atoms with E-state index >= 15 is 0 Å². The van der Waals surface area contributed by atoms with Gasteiger partial charge in [-0.3, -0.25) is 4.57 Å². The van der Waals surface area contributed by atoms with Crippen LogP contribution in [-0.2, 0) is 0 Å². The molecular weight excluding hydrogens is 275 g/mol. The second kappa shape index (κ2) is 4.90. The van der Waals surface area contributed by atoms with Gasteiger partial charge in [-0.15, -0.1) is 0 Å². The predicted molar refractivity (Wildman–Crippen MR) is 74.5 cm³/mol. The molecule has 0 atom stereocenters. The second-order valence-corrected chi connectivity index (χ2v) is 4.41. The minimum absolute atomic E-state index is 0.122. The quantitative estimate of drug-likeness (QED) is 0.804. The molecule has 3 aromatic rings. The van der Waals surface area contributed by atoms with Gasteiger partial charge in [0.25, 0.3) is 0 Å². The number of carboxylic acid groups (broad SMARTS) is 1. The standard InChI is InChI=1S/C15H11FN2O3/c1-21-13-7-9(16)5-6-12(13)18-8-17-11-4-2-3-10(14(11)18)15(19)20/h2-8H,1H3,(H,19,20). The molecule has 21 heavy (non-hydrogen) atoms. The van der Waals surface area contributed by atoms with Crippen molar-refractivity contribution in [2.75, 3.05) is 7.11 Å². The molecule has 0 fully saturated rings. The molecule has 0 aliphatic heterocycles. The van der Waals surface area contributed by atoms with Gasteiger partial charge in [0.1, 0.15) is 17.9 Å². The SMILES string of the molecule is COc1cc(F)ccc1-n1cnc2cccc(C(=O)O)c21. The molecule has 0 saturated carbocycles. The highest BCUT2D eigenvalue weighted by Crippen LogP contribution is 2.28. The summed E-state index contributed by atoms with van der Waals surface area (Å²) in [6, 6.07) is 8.89. The number of nitrogens with zero attached hydrogens (tertiary/aromatic N) is 2. The smallest absolute Gasteiger partial charge is 0.337 e. The fourth-order valence-electron chi connectivity index (χ4n) is 2.27. The highest BCUT2D eigenvalue weighted by atomic mass is 19.1. The van der Waals surface area contributed by atoms with E-state index in [2.05, 4.69) is 4.98 Å². The molecule has 0 bridgehead atoms. The Hall–Kier alpha value is -2.89. The topological polar surface area (TPSA) is 64.4 Å². The third kappa shape index (κ3) is 2.10. The van der Waals surface area contributed by atoms with Crippen molar-refractivity contribution in [3.63, 3.8) is 0 Å². The van der Waals surface area contributed by atoms with Crippen molar-refractivity contribution < 1.29 is 19.0 Å². The van der Waals surface area contributed by atoms with E-state index < -0.39 is 11.8 Å². The number of para-hydroxylation sites is 1. The summed E-state index contributed by atoms with van der Waals surface area (Å²) < 4.78 is 20.0. The third-order valence-corrected chi connectivity index (χ3v) is 3.20. The van der Waals surface area contributed by atoms with E-state index in [1.54, 1.807) is 16.7 Å². The van der Waals surface area contributed by atoms with Gasteiger partial charge in [0.05, 0.1) is 29.4 Å². The van der Waals surface area contributed by atoms with Crippen molar-refractivity contribution in [2.45, 2.75) is 0 Å². The molecule has 6 heteroatoms. The molecule has 3 rings (SSSR count). The fraction of sp³-hybridized carbons (Fsp3) is 0.0667. The Morgan fingerprint density at radius 2 is 2.14 bits per heavy atom. The number of carboxylic acids is 1. The highest BCUT2D eigenvalue weighted by Gasteiger charge is 2.16. The van der Waals surface area contributed by atoms with E-state index in [1.807, 2.05) is 0 Å². The van der Waals surface area contributed by atoms with E-state index in [-0.39, 0.29) is 5.56 Å². The van der Waals surface area contributed by atoms with Crippen molar-refractivity contribution in [1.82, 2.24) is 9.55 Å². The van der Waals surface area contributed by atoms with Gasteiger partial charge >= 0.3 is 5.97 Å². The zero-order valence-corrected chi connectivity index (χ0v) is 11.1. The molecule has 0 saturated heterocycles. The van der Waals surface area contributed by atoms with Gasteiger partial charge in [0.15, 0.2) is 0 Å². The van der Waals surface area contributed by atoms with E-state index in [4.69, 9.17) is 4.74 Å². The lowest BCUT2D eigenvalue weighted by Crippen LogP contribution is -2.03. The molecule has 5 nitrogen and oxygen atoms in total. The molecule has 1 aromatic heterocycles. The maximum atomic E-state index is 13.3. The fourth-order valence-corrected chi connectivity index (χ4v) is 2.27. The molecule has 106 valence electrons. The van der Waals surface area contributed by atoms with Gasteiger partial charge in [-0.05, 0) is 24.3 Å². The van der Waals surface area contributed by atoms with Crippen LogP contribution in [0.2, 0.25) is 0 Å². The molecule has 0 spiro atoms. The van der Waals surface area contributed by atoms with Crippen LogP contribution in [0, 0.1) is 5.82 Å². The van der Waals surface area contributed by atoms with Crippen molar-refractivity contribution in [3.05, 3.63) is 54.1 Å². The molecule has 0 aliphatic carbocycles. The van der Waals surface area contributed by atoms with Crippen LogP contribution in [0.4, 0.5) is 4.39 Å². The summed E-state index contributed by atoms with van der Waals surface area (Å²) in [5.74, 6) is -1.18. The normalized spacial score (nSPS) is 10.8. The zero-order valence-electron chi connectivity index (χ0n) is 11.1. The van der Waals surface area contributed by atoms with Gasteiger partial charge in [-0.2, -0.15) is 0 Å². The summed E-state index contributed by atoms with van der Waals surface area (Å²) in [6.07, 6.45) is 1.49. The first kappa shape index (κ1) is 13.1. The Balaban J connectivity index is 2.33. The van der Waals surface area contributed by atoms with E-state index in [0.717, 1.165) is 0 Å². The number of ether oxygens (including phenoxy) is 1. The number of fused-ring (bicyclic) bond motifs is 1. The number of hydrogen-bond donors (Lipinski definition) is 1. The highest BCUT2D eigenvalue weighted by molar-refractivity contribution is 6.01. The molecule has 0 amide bonds. The van der Waals surface area contributed by atoms with Crippen molar-refractivity contribution in [3.8, 4) is 11.4 Å². The monoisotopic (exact) mass is 286 g/mol. The van der Waals surface area contributed by atoms with Gasteiger partial charge < -0.3 is 9.84 Å². The summed E-state index contributed by atoms with van der Waals surface area (Å²) in [5, 5.41) is 9.31. The first-order valence-corrected chi connectivity index (χ1v) is 6.15. The summed E-state index contributed by atoms with van der Waals surface area (Å²) in [5.41, 5.74) is 1.63. The molecule has 0 radical (unpaired) electrons. The van der Waals surface area contributed by atoms with Crippen molar-refractivity contribution >= 4 is 17.0 Å². The molecule has 2 aromatic carbocycles. The number of rotatable bonds is 3. The lowest BCUT2D eigenvalue weighted by Gasteiger charge is -2.11. The van der Waals surface area contributed by atoms with E-state index in [0.29, 0.717) is 22.5 Å². The van der Waals surface area contributed by atoms with Crippen LogP contribution in [0.3, 0.4) is 0 Å². The van der Waals surface area contributed by atoms with Gasteiger partial charge in [0.2, 0.25) is 0 Å². The summed E-state index contributed by atoms with van der Waals surface area (Å²) >= 11 is 0.